The van der Waals surface area contributed by atoms with E-state index in [1.807, 2.05) is 5.43 Å². The van der Waals surface area contributed by atoms with E-state index in [0.29, 0.717) is 12.8 Å². The van der Waals surface area contributed by atoms with Crippen LogP contribution in [0.25, 0.3) is 0 Å². The number of carbonyl (C=O) groups is 1. The number of amides is 1. The van der Waals surface area contributed by atoms with E-state index in [1.54, 1.807) is 6.07 Å². The van der Waals surface area contributed by atoms with E-state index in [-0.39, 0.29) is 29.4 Å². The van der Waals surface area contributed by atoms with Gasteiger partial charge in [-0.25, -0.2) is 10.2 Å². The van der Waals surface area contributed by atoms with Gasteiger partial charge in [-0.3, -0.25) is 10.2 Å². The summed E-state index contributed by atoms with van der Waals surface area (Å²) in [5.41, 5.74) is 2.04. The van der Waals surface area contributed by atoms with Gasteiger partial charge in [0.1, 0.15) is 12.7 Å². The van der Waals surface area contributed by atoms with Gasteiger partial charge in [0.15, 0.2) is 11.6 Å². The van der Waals surface area contributed by atoms with Gasteiger partial charge in [0, 0.05) is 0 Å². The Morgan fingerprint density at radius 1 is 1.58 bits per heavy atom. The summed E-state index contributed by atoms with van der Waals surface area (Å²) in [5.74, 6) is 4.13. The van der Waals surface area contributed by atoms with Crippen LogP contribution in [0.1, 0.15) is 12.8 Å². The van der Waals surface area contributed by atoms with Gasteiger partial charge in [-0.2, -0.15) is 0 Å². The fourth-order valence-corrected chi connectivity index (χ4v) is 2.06. The molecular formula is C12H14ClFN2O3. The lowest BCUT2D eigenvalue weighted by atomic mass is 10.2. The van der Waals surface area contributed by atoms with Crippen LogP contribution in [0.2, 0.25) is 5.02 Å². The van der Waals surface area contributed by atoms with Gasteiger partial charge in [0.2, 0.25) is 0 Å². The van der Waals surface area contributed by atoms with E-state index in [4.69, 9.17) is 26.9 Å². The average Bonchev–Trinajstić information content (AvgIpc) is 2.88. The smallest absolute Gasteiger partial charge is 0.263 e. The Labute approximate surface area is 114 Å². The van der Waals surface area contributed by atoms with Crippen molar-refractivity contribution in [2.24, 2.45) is 5.84 Å². The highest BCUT2D eigenvalue weighted by Crippen LogP contribution is 2.26. The van der Waals surface area contributed by atoms with Crippen molar-refractivity contribution in [2.75, 3.05) is 6.61 Å². The third kappa shape index (κ3) is 3.34. The van der Waals surface area contributed by atoms with Crippen LogP contribution in [0, 0.1) is 5.82 Å². The minimum Gasteiger partial charge on any atom is -0.488 e. The van der Waals surface area contributed by atoms with Crippen molar-refractivity contribution in [3.8, 4) is 5.75 Å². The Morgan fingerprint density at radius 3 is 3.11 bits per heavy atom. The van der Waals surface area contributed by atoms with Crippen LogP contribution >= 0.6 is 11.6 Å². The summed E-state index contributed by atoms with van der Waals surface area (Å²) >= 11 is 5.64. The first-order valence-corrected chi connectivity index (χ1v) is 6.22. The van der Waals surface area contributed by atoms with Crippen molar-refractivity contribution in [3.63, 3.8) is 0 Å². The van der Waals surface area contributed by atoms with Gasteiger partial charge in [-0.05, 0) is 25.0 Å². The Hall–Kier alpha value is -1.37. The molecule has 5 nitrogen and oxygen atoms in total. The van der Waals surface area contributed by atoms with Crippen molar-refractivity contribution in [1.29, 1.82) is 0 Å². The van der Waals surface area contributed by atoms with Crippen LogP contribution in [0.4, 0.5) is 4.39 Å². The lowest BCUT2D eigenvalue weighted by Gasteiger charge is -2.14. The average molecular weight is 289 g/mol. The van der Waals surface area contributed by atoms with Crippen molar-refractivity contribution in [2.45, 2.75) is 25.0 Å². The van der Waals surface area contributed by atoms with Crippen LogP contribution < -0.4 is 16.0 Å². The van der Waals surface area contributed by atoms with Gasteiger partial charge >= 0.3 is 0 Å². The number of benzene rings is 1. The molecule has 2 rings (SSSR count). The molecule has 1 heterocycles. The van der Waals surface area contributed by atoms with Crippen LogP contribution in [0.5, 0.6) is 5.75 Å². The van der Waals surface area contributed by atoms with E-state index in [2.05, 4.69) is 0 Å². The van der Waals surface area contributed by atoms with Gasteiger partial charge in [0.05, 0.1) is 11.1 Å². The third-order valence-corrected chi connectivity index (χ3v) is 3.18. The van der Waals surface area contributed by atoms with E-state index in [0.717, 1.165) is 0 Å². The number of nitrogens with one attached hydrogen (secondary N) is 1. The summed E-state index contributed by atoms with van der Waals surface area (Å²) in [4.78, 5) is 11.3. The fourth-order valence-electron chi connectivity index (χ4n) is 1.89. The first-order chi connectivity index (χ1) is 9.11. The molecule has 0 aromatic heterocycles. The SMILES string of the molecule is NNC(=O)C1CCC(COc2cccc(Cl)c2F)O1. The molecule has 0 radical (unpaired) electrons. The molecule has 2 unspecified atom stereocenters. The summed E-state index contributed by atoms with van der Waals surface area (Å²) < 4.78 is 24.3. The first kappa shape index (κ1) is 14.0. The second-order valence-corrected chi connectivity index (χ2v) is 4.60. The summed E-state index contributed by atoms with van der Waals surface area (Å²) in [5, 5.41) is 0.00484. The Morgan fingerprint density at radius 2 is 2.37 bits per heavy atom. The molecule has 1 aromatic carbocycles. The summed E-state index contributed by atoms with van der Waals surface area (Å²) in [7, 11) is 0. The predicted octanol–water partition coefficient (Wildman–Crippen LogP) is 1.40. The molecule has 3 N–H and O–H groups in total. The van der Waals surface area contributed by atoms with E-state index in [1.165, 1.54) is 12.1 Å². The van der Waals surface area contributed by atoms with Crippen molar-refractivity contribution < 1.29 is 18.7 Å². The van der Waals surface area contributed by atoms with Gasteiger partial charge in [-0.1, -0.05) is 17.7 Å². The predicted molar refractivity (Wildman–Crippen MR) is 67.1 cm³/mol. The second-order valence-electron chi connectivity index (χ2n) is 4.20. The van der Waals surface area contributed by atoms with Crippen molar-refractivity contribution in [3.05, 3.63) is 29.0 Å². The highest BCUT2D eigenvalue weighted by molar-refractivity contribution is 6.30. The number of halogens is 2. The zero-order valence-corrected chi connectivity index (χ0v) is 10.8. The summed E-state index contributed by atoms with van der Waals surface area (Å²) in [6.45, 7) is 0.158. The van der Waals surface area contributed by atoms with Crippen LogP contribution in [0.3, 0.4) is 0 Å². The molecule has 0 bridgehead atoms. The van der Waals surface area contributed by atoms with Gasteiger partial charge in [0.25, 0.3) is 5.91 Å². The van der Waals surface area contributed by atoms with Gasteiger partial charge in [-0.15, -0.1) is 0 Å². The molecule has 7 heteroatoms. The molecular weight excluding hydrogens is 275 g/mol. The quantitative estimate of drug-likeness (QED) is 0.499. The zero-order chi connectivity index (χ0) is 13.8. The van der Waals surface area contributed by atoms with Crippen LogP contribution in [-0.2, 0) is 9.53 Å². The Kier molecular flexibility index (Phi) is 4.57. The topological polar surface area (TPSA) is 73.6 Å². The number of hydrogen-bond donors (Lipinski definition) is 2. The molecule has 2 atom stereocenters. The molecule has 0 aliphatic carbocycles. The van der Waals surface area contributed by atoms with Crippen molar-refractivity contribution >= 4 is 17.5 Å². The molecule has 0 saturated carbocycles. The lowest BCUT2D eigenvalue weighted by molar-refractivity contribution is -0.132. The highest BCUT2D eigenvalue weighted by atomic mass is 35.5. The maximum atomic E-state index is 13.6. The minimum absolute atomic E-state index is 0.00484. The molecule has 104 valence electrons. The fraction of sp³-hybridized carbons (Fsp3) is 0.417. The lowest BCUT2D eigenvalue weighted by Crippen LogP contribution is -2.39. The second kappa shape index (κ2) is 6.18. The maximum Gasteiger partial charge on any atom is 0.263 e. The first-order valence-electron chi connectivity index (χ1n) is 5.84. The monoisotopic (exact) mass is 288 g/mol. The molecule has 1 amide bonds. The molecule has 0 spiro atoms. The van der Waals surface area contributed by atoms with Crippen LogP contribution in [-0.4, -0.2) is 24.7 Å². The van der Waals surface area contributed by atoms with Crippen molar-refractivity contribution in [1.82, 2.24) is 5.43 Å². The molecule has 19 heavy (non-hydrogen) atoms. The number of carbonyl (C=O) groups excluding carboxylic acids is 1. The summed E-state index contributed by atoms with van der Waals surface area (Å²) in [6, 6.07) is 4.53. The molecule has 1 aliphatic heterocycles. The maximum absolute atomic E-state index is 13.6. The molecule has 1 aliphatic rings. The standard InChI is InChI=1S/C12H14ClFN2O3/c13-8-2-1-3-9(11(8)14)18-6-7-4-5-10(19-7)12(17)16-15/h1-3,7,10H,4-6,15H2,(H,16,17). The minimum atomic E-state index is -0.599. The number of hydrogen-bond acceptors (Lipinski definition) is 4. The van der Waals surface area contributed by atoms with E-state index < -0.39 is 11.9 Å². The molecule has 1 saturated heterocycles. The van der Waals surface area contributed by atoms with Gasteiger partial charge < -0.3 is 9.47 Å². The zero-order valence-electron chi connectivity index (χ0n) is 10.1. The van der Waals surface area contributed by atoms with Crippen LogP contribution in [0.15, 0.2) is 18.2 Å². The summed E-state index contributed by atoms with van der Waals surface area (Å²) in [6.07, 6.45) is 0.388. The molecule has 1 fully saturated rings. The number of rotatable bonds is 4. The third-order valence-electron chi connectivity index (χ3n) is 2.88. The normalized spacial score (nSPS) is 22.3. The van der Waals surface area contributed by atoms with E-state index in [9.17, 15) is 9.18 Å². The Balaban J connectivity index is 1.87. The largest absolute Gasteiger partial charge is 0.488 e. The molecule has 1 aromatic rings. The number of nitrogens with two attached hydrogens (primary N) is 1. The Bertz CT molecular complexity index is 472. The highest BCUT2D eigenvalue weighted by Gasteiger charge is 2.30. The number of hydrazine groups is 1. The van der Waals surface area contributed by atoms with E-state index >= 15 is 0 Å². The number of ether oxygens (including phenoxy) is 2.